The van der Waals surface area contributed by atoms with Crippen LogP contribution in [-0.2, 0) is 32.0 Å². The fraction of sp³-hybridized carbons (Fsp3) is 0.400. The van der Waals surface area contributed by atoms with E-state index in [0.717, 1.165) is 16.5 Å². The highest BCUT2D eigenvalue weighted by molar-refractivity contribution is 5.95. The number of aliphatic carboxylic acids is 1. The van der Waals surface area contributed by atoms with E-state index in [0.29, 0.717) is 25.1 Å². The van der Waals surface area contributed by atoms with E-state index in [9.17, 15) is 24.3 Å². The Morgan fingerprint density at radius 3 is 2.68 bits per heavy atom. The normalized spacial score (nSPS) is 17.8. The van der Waals surface area contributed by atoms with Crippen LogP contribution < -0.4 is 16.4 Å². The van der Waals surface area contributed by atoms with Crippen molar-refractivity contribution >= 4 is 34.6 Å². The molecule has 2 aromatic heterocycles. The summed E-state index contributed by atoms with van der Waals surface area (Å²) in [6.07, 6.45) is 6.11. The zero-order chi connectivity index (χ0) is 26.5. The number of amides is 3. The van der Waals surface area contributed by atoms with Gasteiger partial charge in [0.15, 0.2) is 0 Å². The van der Waals surface area contributed by atoms with Crippen LogP contribution >= 0.6 is 0 Å². The Labute approximate surface area is 213 Å². The number of nitrogens with two attached hydrogens (primary N) is 1. The Morgan fingerprint density at radius 2 is 1.95 bits per heavy atom. The Bertz CT molecular complexity index is 1270. The molecule has 12 heteroatoms. The maximum atomic E-state index is 13.5. The summed E-state index contributed by atoms with van der Waals surface area (Å²) in [6, 6.07) is 3.73. The third kappa shape index (κ3) is 5.97. The molecule has 0 saturated carbocycles. The van der Waals surface area contributed by atoms with Crippen LogP contribution in [0.1, 0.15) is 31.0 Å². The number of likely N-dealkylation sites (tertiary alicyclic amines) is 1. The minimum absolute atomic E-state index is 0.150. The summed E-state index contributed by atoms with van der Waals surface area (Å²) in [5.74, 6) is -2.65. The van der Waals surface area contributed by atoms with Crippen molar-refractivity contribution in [1.82, 2.24) is 30.5 Å². The van der Waals surface area contributed by atoms with Gasteiger partial charge < -0.3 is 36.3 Å². The smallest absolute Gasteiger partial charge is 0.326 e. The second-order valence-corrected chi connectivity index (χ2v) is 9.27. The van der Waals surface area contributed by atoms with E-state index in [-0.39, 0.29) is 12.8 Å². The number of carboxylic acid groups (broad SMARTS) is 1. The number of carbonyl (C=O) groups is 4. The zero-order valence-corrected chi connectivity index (χ0v) is 20.4. The second-order valence-electron chi connectivity index (χ2n) is 9.27. The minimum atomic E-state index is -1.07. The van der Waals surface area contributed by atoms with E-state index in [1.54, 1.807) is 12.4 Å². The SMILES string of the molecule is CC(NC(=O)C(N)Cc1cnc[nH]1)C(=O)NC(Cc1c[nH]c2ccccc12)C(=O)N1CCCC1C(=O)O. The van der Waals surface area contributed by atoms with Crippen molar-refractivity contribution < 1.29 is 24.3 Å². The lowest BCUT2D eigenvalue weighted by atomic mass is 10.0. The molecule has 4 rings (SSSR count). The monoisotopic (exact) mass is 509 g/mol. The van der Waals surface area contributed by atoms with Crippen LogP contribution in [0.25, 0.3) is 10.9 Å². The number of H-pyrrole nitrogens is 2. The summed E-state index contributed by atoms with van der Waals surface area (Å²) in [5.41, 5.74) is 8.33. The molecule has 0 spiro atoms. The second kappa shape index (κ2) is 11.2. The molecule has 1 fully saturated rings. The van der Waals surface area contributed by atoms with E-state index in [1.807, 2.05) is 24.3 Å². The number of hydrogen-bond acceptors (Lipinski definition) is 6. The number of fused-ring (bicyclic) bond motifs is 1. The van der Waals surface area contributed by atoms with Crippen molar-refractivity contribution in [3.63, 3.8) is 0 Å². The highest BCUT2D eigenvalue weighted by Crippen LogP contribution is 2.23. The van der Waals surface area contributed by atoms with Gasteiger partial charge in [0.2, 0.25) is 17.7 Å². The van der Waals surface area contributed by atoms with Crippen molar-refractivity contribution in [2.24, 2.45) is 5.73 Å². The number of carbonyl (C=O) groups excluding carboxylic acids is 3. The quantitative estimate of drug-likeness (QED) is 0.223. The molecule has 0 bridgehead atoms. The lowest BCUT2D eigenvalue weighted by Gasteiger charge is -2.28. The molecule has 4 atom stereocenters. The first-order chi connectivity index (χ1) is 17.7. The van der Waals surface area contributed by atoms with Crippen molar-refractivity contribution in [3.8, 4) is 0 Å². The van der Waals surface area contributed by atoms with Crippen molar-refractivity contribution in [1.29, 1.82) is 0 Å². The summed E-state index contributed by atoms with van der Waals surface area (Å²) >= 11 is 0. The van der Waals surface area contributed by atoms with Gasteiger partial charge in [0.05, 0.1) is 12.4 Å². The largest absolute Gasteiger partial charge is 0.480 e. The standard InChI is InChI=1S/C25H31N7O5/c1-14(30-23(34)18(26)10-16-12-27-13-29-16)22(33)31-20(24(35)32-8-4-7-21(32)25(36)37)9-15-11-28-19-6-3-2-5-17(15)19/h2-3,5-6,11-14,18,20-21,28H,4,7-10,26H2,1H3,(H,27,29)(H,30,34)(H,31,33)(H,36,37). The Balaban J connectivity index is 1.48. The number of para-hydroxylation sites is 1. The molecular weight excluding hydrogens is 478 g/mol. The molecule has 3 aromatic rings. The third-order valence-corrected chi connectivity index (χ3v) is 6.62. The molecule has 3 heterocycles. The zero-order valence-electron chi connectivity index (χ0n) is 20.4. The van der Waals surface area contributed by atoms with Gasteiger partial charge in [-0.25, -0.2) is 9.78 Å². The van der Waals surface area contributed by atoms with Crippen molar-refractivity contribution in [2.45, 2.75) is 56.8 Å². The highest BCUT2D eigenvalue weighted by atomic mass is 16.4. The number of benzene rings is 1. The van der Waals surface area contributed by atoms with E-state index in [4.69, 9.17) is 5.73 Å². The van der Waals surface area contributed by atoms with Crippen LogP contribution in [-0.4, -0.2) is 79.4 Å². The Kier molecular flexibility index (Phi) is 7.87. The summed E-state index contributed by atoms with van der Waals surface area (Å²) in [5, 5.41) is 15.8. The first-order valence-corrected chi connectivity index (χ1v) is 12.2. The molecule has 7 N–H and O–H groups in total. The predicted octanol–water partition coefficient (Wildman–Crippen LogP) is 0.0686. The molecule has 1 aliphatic heterocycles. The van der Waals surface area contributed by atoms with Crippen LogP contribution in [0.2, 0.25) is 0 Å². The lowest BCUT2D eigenvalue weighted by Crippen LogP contribution is -2.57. The average Bonchev–Trinajstić information content (AvgIpc) is 3.64. The average molecular weight is 510 g/mol. The summed E-state index contributed by atoms with van der Waals surface area (Å²) < 4.78 is 0. The minimum Gasteiger partial charge on any atom is -0.480 e. The molecule has 1 aromatic carbocycles. The first kappa shape index (κ1) is 25.9. The van der Waals surface area contributed by atoms with E-state index in [2.05, 4.69) is 25.6 Å². The topological polar surface area (TPSA) is 186 Å². The van der Waals surface area contributed by atoms with Gasteiger partial charge in [-0.2, -0.15) is 0 Å². The Morgan fingerprint density at radius 1 is 1.16 bits per heavy atom. The van der Waals surface area contributed by atoms with Gasteiger partial charge in [-0.15, -0.1) is 0 Å². The lowest BCUT2D eigenvalue weighted by molar-refractivity contribution is -0.149. The maximum absolute atomic E-state index is 13.5. The molecule has 12 nitrogen and oxygen atoms in total. The van der Waals surface area contributed by atoms with Crippen LogP contribution in [0.5, 0.6) is 0 Å². The molecule has 1 saturated heterocycles. The fourth-order valence-electron chi connectivity index (χ4n) is 4.62. The van der Waals surface area contributed by atoms with Gasteiger partial charge in [-0.05, 0) is 31.4 Å². The number of rotatable bonds is 10. The number of nitrogens with zero attached hydrogens (tertiary/aromatic N) is 2. The van der Waals surface area contributed by atoms with E-state index >= 15 is 0 Å². The van der Waals surface area contributed by atoms with Crippen molar-refractivity contribution in [2.75, 3.05) is 6.54 Å². The number of aromatic amines is 2. The van der Waals surface area contributed by atoms with E-state index < -0.39 is 47.9 Å². The molecule has 196 valence electrons. The third-order valence-electron chi connectivity index (χ3n) is 6.62. The fourth-order valence-corrected chi connectivity index (χ4v) is 4.62. The number of nitrogens with one attached hydrogen (secondary N) is 4. The van der Waals surface area contributed by atoms with Crippen molar-refractivity contribution in [3.05, 3.63) is 54.2 Å². The Hall–Kier alpha value is -4.19. The number of hydrogen-bond donors (Lipinski definition) is 6. The number of carboxylic acids is 1. The number of aromatic nitrogens is 3. The van der Waals surface area contributed by atoms with Gasteiger partial charge >= 0.3 is 5.97 Å². The molecular formula is C25H31N7O5. The maximum Gasteiger partial charge on any atom is 0.326 e. The predicted molar refractivity (Wildman–Crippen MR) is 134 cm³/mol. The molecule has 0 aliphatic carbocycles. The molecule has 3 amide bonds. The molecule has 37 heavy (non-hydrogen) atoms. The van der Waals surface area contributed by atoms with Gasteiger partial charge in [-0.1, -0.05) is 18.2 Å². The van der Waals surface area contributed by atoms with Gasteiger partial charge in [-0.3, -0.25) is 14.4 Å². The summed E-state index contributed by atoms with van der Waals surface area (Å²) in [7, 11) is 0. The van der Waals surface area contributed by atoms with Crippen LogP contribution in [0.3, 0.4) is 0 Å². The van der Waals surface area contributed by atoms with E-state index in [1.165, 1.54) is 18.2 Å². The molecule has 0 radical (unpaired) electrons. The molecule has 1 aliphatic rings. The van der Waals surface area contributed by atoms with Gasteiger partial charge in [0, 0.05) is 48.4 Å². The number of imidazole rings is 1. The van der Waals surface area contributed by atoms with Gasteiger partial charge in [0.25, 0.3) is 0 Å². The van der Waals surface area contributed by atoms with Crippen LogP contribution in [0.4, 0.5) is 0 Å². The molecule has 4 unspecified atom stereocenters. The summed E-state index contributed by atoms with van der Waals surface area (Å²) in [4.78, 5) is 62.1. The van der Waals surface area contributed by atoms with Crippen LogP contribution in [0.15, 0.2) is 43.0 Å². The van der Waals surface area contributed by atoms with Gasteiger partial charge in [0.1, 0.15) is 18.1 Å². The highest BCUT2D eigenvalue weighted by Gasteiger charge is 2.38. The van der Waals surface area contributed by atoms with Crippen LogP contribution in [0, 0.1) is 0 Å². The summed E-state index contributed by atoms with van der Waals surface area (Å²) in [6.45, 7) is 1.80. The first-order valence-electron chi connectivity index (χ1n) is 12.2.